The molecule has 1 atom stereocenters. The minimum absolute atomic E-state index is 0.00334. The normalized spacial score (nSPS) is 19.8. The Morgan fingerprint density at radius 2 is 2.29 bits per heavy atom. The molecule has 0 aromatic heterocycles. The largest absolute Gasteiger partial charge is 0.497 e. The number of hydrogen-bond acceptors (Lipinski definition) is 4. The highest BCUT2D eigenvalue weighted by molar-refractivity contribution is 5.92. The number of likely N-dealkylation sites (tertiary alicyclic amines) is 1. The molecule has 1 aromatic rings. The fraction of sp³-hybridized carbons (Fsp3) is 0.562. The summed E-state index contributed by atoms with van der Waals surface area (Å²) in [6.45, 7) is 1.97. The predicted molar refractivity (Wildman–Crippen MR) is 84.5 cm³/mol. The predicted octanol–water partition coefficient (Wildman–Crippen LogP) is 1.84. The Bertz CT molecular complexity index is 465. The fourth-order valence-corrected chi connectivity index (χ4v) is 2.80. The first-order valence-electron chi connectivity index (χ1n) is 7.61. The van der Waals surface area contributed by atoms with Gasteiger partial charge in [-0.25, -0.2) is 0 Å². The minimum atomic E-state index is 0.00334. The van der Waals surface area contributed by atoms with E-state index in [0.29, 0.717) is 19.1 Å². The molecule has 116 valence electrons. The van der Waals surface area contributed by atoms with Crippen molar-refractivity contribution < 1.29 is 9.53 Å². The second-order valence-electron chi connectivity index (χ2n) is 5.49. The summed E-state index contributed by atoms with van der Waals surface area (Å²) in [6, 6.07) is 7.73. The third-order valence-electron chi connectivity index (χ3n) is 3.97. The maximum Gasteiger partial charge on any atom is 0.238 e. The summed E-state index contributed by atoms with van der Waals surface area (Å²) in [4.78, 5) is 14.4. The monoisotopic (exact) mass is 291 g/mol. The lowest BCUT2D eigenvalue weighted by Crippen LogP contribution is -2.44. The number of rotatable bonds is 5. The van der Waals surface area contributed by atoms with E-state index in [4.69, 9.17) is 10.5 Å². The van der Waals surface area contributed by atoms with Crippen LogP contribution in [0.5, 0.6) is 5.75 Å². The molecule has 2 rings (SSSR count). The van der Waals surface area contributed by atoms with Gasteiger partial charge in [-0.3, -0.25) is 9.69 Å². The molecule has 5 nitrogen and oxygen atoms in total. The molecule has 0 bridgehead atoms. The van der Waals surface area contributed by atoms with Crippen LogP contribution in [0.1, 0.15) is 25.7 Å². The molecule has 0 saturated carbocycles. The van der Waals surface area contributed by atoms with Gasteiger partial charge in [-0.1, -0.05) is 18.9 Å². The number of benzene rings is 1. The third kappa shape index (κ3) is 4.72. The van der Waals surface area contributed by atoms with Crippen molar-refractivity contribution in [3.05, 3.63) is 24.3 Å². The van der Waals surface area contributed by atoms with Crippen LogP contribution in [0, 0.1) is 0 Å². The summed E-state index contributed by atoms with van der Waals surface area (Å²) in [5.41, 5.74) is 6.60. The van der Waals surface area contributed by atoms with Crippen LogP contribution in [0.15, 0.2) is 24.3 Å². The Balaban J connectivity index is 1.93. The van der Waals surface area contributed by atoms with Crippen molar-refractivity contribution in [3.63, 3.8) is 0 Å². The van der Waals surface area contributed by atoms with E-state index in [1.807, 2.05) is 24.3 Å². The number of hydrogen-bond donors (Lipinski definition) is 2. The van der Waals surface area contributed by atoms with Crippen molar-refractivity contribution in [2.24, 2.45) is 5.73 Å². The average Bonchev–Trinajstić information content (AvgIpc) is 2.72. The first-order valence-corrected chi connectivity index (χ1v) is 7.61. The van der Waals surface area contributed by atoms with Crippen molar-refractivity contribution >= 4 is 11.6 Å². The molecule has 0 spiro atoms. The van der Waals surface area contributed by atoms with Gasteiger partial charge in [0.1, 0.15) is 5.75 Å². The van der Waals surface area contributed by atoms with Gasteiger partial charge in [-0.15, -0.1) is 0 Å². The molecular formula is C16H25N3O2. The summed E-state index contributed by atoms with van der Waals surface area (Å²) in [6.07, 6.45) is 4.66. The minimum Gasteiger partial charge on any atom is -0.497 e. The fourth-order valence-electron chi connectivity index (χ4n) is 2.80. The van der Waals surface area contributed by atoms with Crippen molar-refractivity contribution in [3.8, 4) is 5.75 Å². The zero-order valence-corrected chi connectivity index (χ0v) is 12.7. The molecule has 1 aliphatic heterocycles. The Labute approximate surface area is 126 Å². The van der Waals surface area contributed by atoms with Crippen LogP contribution in [0.4, 0.5) is 5.69 Å². The number of nitrogens with two attached hydrogens (primary N) is 1. The highest BCUT2D eigenvalue weighted by Gasteiger charge is 2.21. The van der Waals surface area contributed by atoms with Gasteiger partial charge in [-0.2, -0.15) is 0 Å². The van der Waals surface area contributed by atoms with E-state index in [0.717, 1.165) is 30.8 Å². The van der Waals surface area contributed by atoms with E-state index in [9.17, 15) is 4.79 Å². The summed E-state index contributed by atoms with van der Waals surface area (Å²) in [5.74, 6) is 0.742. The van der Waals surface area contributed by atoms with Gasteiger partial charge >= 0.3 is 0 Å². The van der Waals surface area contributed by atoms with Gasteiger partial charge in [0.05, 0.1) is 13.7 Å². The second-order valence-corrected chi connectivity index (χ2v) is 5.49. The zero-order valence-electron chi connectivity index (χ0n) is 12.7. The van der Waals surface area contributed by atoms with Gasteiger partial charge in [0, 0.05) is 24.3 Å². The lowest BCUT2D eigenvalue weighted by atomic mass is 10.1. The molecule has 1 aliphatic rings. The summed E-state index contributed by atoms with van der Waals surface area (Å²) < 4.78 is 5.16. The summed E-state index contributed by atoms with van der Waals surface area (Å²) in [7, 11) is 1.62. The van der Waals surface area contributed by atoms with E-state index >= 15 is 0 Å². The lowest BCUT2D eigenvalue weighted by Gasteiger charge is -2.28. The number of carbonyl (C=O) groups is 1. The number of amides is 1. The average molecular weight is 291 g/mol. The molecule has 1 saturated heterocycles. The maximum absolute atomic E-state index is 12.2. The van der Waals surface area contributed by atoms with Gasteiger partial charge in [0.15, 0.2) is 0 Å². The lowest BCUT2D eigenvalue weighted by molar-refractivity contribution is -0.117. The quantitative estimate of drug-likeness (QED) is 0.868. The van der Waals surface area contributed by atoms with Gasteiger partial charge in [0.25, 0.3) is 0 Å². The maximum atomic E-state index is 12.2. The molecule has 1 amide bonds. The number of nitrogens with one attached hydrogen (secondary N) is 1. The Morgan fingerprint density at radius 1 is 1.43 bits per heavy atom. The first-order chi connectivity index (χ1) is 10.2. The Kier molecular flexibility index (Phi) is 6.02. The number of methoxy groups -OCH3 is 1. The van der Waals surface area contributed by atoms with E-state index in [1.165, 1.54) is 12.8 Å². The summed E-state index contributed by atoms with van der Waals surface area (Å²) in [5, 5.41) is 2.93. The van der Waals surface area contributed by atoms with Gasteiger partial charge in [0.2, 0.25) is 5.91 Å². The van der Waals surface area contributed by atoms with E-state index < -0.39 is 0 Å². The van der Waals surface area contributed by atoms with Crippen molar-refractivity contribution in [1.82, 2.24) is 4.90 Å². The molecule has 0 radical (unpaired) electrons. The SMILES string of the molecule is COc1cccc(NC(=O)CN2CCCCCC2CN)c1. The molecule has 1 unspecified atom stereocenters. The van der Waals surface area contributed by atoms with Crippen LogP contribution in [0.3, 0.4) is 0 Å². The van der Waals surface area contributed by atoms with Crippen LogP contribution in [-0.2, 0) is 4.79 Å². The molecule has 1 heterocycles. The molecule has 3 N–H and O–H groups in total. The molecule has 1 aromatic carbocycles. The van der Waals surface area contributed by atoms with Crippen LogP contribution in [-0.4, -0.2) is 43.6 Å². The number of carbonyl (C=O) groups excluding carboxylic acids is 1. The number of nitrogens with zero attached hydrogens (tertiary/aromatic N) is 1. The molecule has 21 heavy (non-hydrogen) atoms. The van der Waals surface area contributed by atoms with E-state index in [-0.39, 0.29) is 5.91 Å². The zero-order chi connectivity index (χ0) is 15.1. The van der Waals surface area contributed by atoms with Crippen LogP contribution in [0.25, 0.3) is 0 Å². The standard InChI is InChI=1S/C16H25N3O2/c1-21-15-8-5-6-13(10-15)18-16(20)12-19-9-4-2-3-7-14(19)11-17/h5-6,8,10,14H,2-4,7,9,11-12,17H2,1H3,(H,18,20). The molecular weight excluding hydrogens is 266 g/mol. The third-order valence-corrected chi connectivity index (χ3v) is 3.97. The molecule has 5 heteroatoms. The number of anilines is 1. The highest BCUT2D eigenvalue weighted by atomic mass is 16.5. The second kappa shape index (κ2) is 8.00. The van der Waals surface area contributed by atoms with E-state index in [1.54, 1.807) is 7.11 Å². The van der Waals surface area contributed by atoms with Gasteiger partial charge < -0.3 is 15.8 Å². The first kappa shape index (κ1) is 15.8. The molecule has 1 fully saturated rings. The van der Waals surface area contributed by atoms with Gasteiger partial charge in [-0.05, 0) is 31.5 Å². The van der Waals surface area contributed by atoms with Crippen LogP contribution >= 0.6 is 0 Å². The van der Waals surface area contributed by atoms with E-state index in [2.05, 4.69) is 10.2 Å². The van der Waals surface area contributed by atoms with Crippen LogP contribution < -0.4 is 15.8 Å². The van der Waals surface area contributed by atoms with Crippen molar-refractivity contribution in [2.45, 2.75) is 31.7 Å². The van der Waals surface area contributed by atoms with Crippen molar-refractivity contribution in [1.29, 1.82) is 0 Å². The Morgan fingerprint density at radius 3 is 3.05 bits per heavy atom. The topological polar surface area (TPSA) is 67.6 Å². The highest BCUT2D eigenvalue weighted by Crippen LogP contribution is 2.18. The number of ether oxygens (including phenoxy) is 1. The smallest absolute Gasteiger partial charge is 0.238 e. The van der Waals surface area contributed by atoms with Crippen molar-refractivity contribution in [2.75, 3.05) is 32.1 Å². The summed E-state index contributed by atoms with van der Waals surface area (Å²) >= 11 is 0. The molecule has 0 aliphatic carbocycles. The Hall–Kier alpha value is -1.59. The van der Waals surface area contributed by atoms with Crippen LogP contribution in [0.2, 0.25) is 0 Å².